The largest absolute Gasteiger partial charge is 0.309 e. The number of benzene rings is 19. The van der Waals surface area contributed by atoms with Gasteiger partial charge in [0.2, 0.25) is 0 Å². The lowest BCUT2D eigenvalue weighted by atomic mass is 9.98. The van der Waals surface area contributed by atoms with Crippen LogP contribution in [-0.4, -0.2) is 37.4 Å². The van der Waals surface area contributed by atoms with E-state index in [1.54, 1.807) is 0 Å². The maximum Gasteiger partial charge on any atom is 0.160 e. The van der Waals surface area contributed by atoms with Gasteiger partial charge in [-0.15, -0.1) is 0 Å². The first-order valence-electron chi connectivity index (χ1n) is 43.2. The Balaban J connectivity index is 0.620. The van der Waals surface area contributed by atoms with Crippen LogP contribution in [0.4, 0.5) is 0 Å². The summed E-state index contributed by atoms with van der Waals surface area (Å²) in [6, 6.07) is 165. The third-order valence-corrected chi connectivity index (χ3v) is 26.2. The minimum Gasteiger partial charge on any atom is -0.309 e. The number of rotatable bonds is 13. The summed E-state index contributed by atoms with van der Waals surface area (Å²) in [5.74, 6) is 0.643. The van der Waals surface area contributed by atoms with Gasteiger partial charge >= 0.3 is 0 Å². The number of nitrogens with zero attached hydrogens (tertiary/aromatic N) is 8. The Morgan fingerprint density at radius 2 is 0.310 bits per heavy atom. The second-order valence-electron chi connectivity index (χ2n) is 33.2. The van der Waals surface area contributed by atoms with Crippen molar-refractivity contribution in [3.63, 3.8) is 0 Å². The van der Waals surface area contributed by atoms with Crippen LogP contribution in [0, 0.1) is 0 Å². The summed E-state index contributed by atoms with van der Waals surface area (Å²) in [7, 11) is 0. The number of hydrogen-bond donors (Lipinski definition) is 0. The Morgan fingerprint density at radius 3 is 0.563 bits per heavy atom. The molecule has 0 unspecified atom stereocenters. The molecule has 0 aliphatic rings. The molecule has 0 fully saturated rings. The van der Waals surface area contributed by atoms with Crippen molar-refractivity contribution < 1.29 is 0 Å². The minimum absolute atomic E-state index is 0.643. The molecule has 8 nitrogen and oxygen atoms in total. The fourth-order valence-corrected chi connectivity index (χ4v) is 20.4. The average molecular weight is 1600 g/mol. The van der Waals surface area contributed by atoms with Gasteiger partial charge in [-0.25, -0.2) is 9.97 Å². The molecular formula is C118H74N8. The molecular weight excluding hydrogens is 1530 g/mol. The van der Waals surface area contributed by atoms with Gasteiger partial charge in [-0.05, 0) is 245 Å². The summed E-state index contributed by atoms with van der Waals surface area (Å²) in [6.07, 6.45) is 0. The van der Waals surface area contributed by atoms with Crippen LogP contribution in [0.15, 0.2) is 449 Å². The standard InChI is InChI=1S/C118H74N8/c1-6-26-75(27-7-1)118-119-104(84-28-24-38-90(64-84)125-114-60-52-80(76-48-56-110-96(66-76)92-40-16-20-44-106(92)121(110)86-30-8-2-9-31-86)70-100(114)101-71-81(53-61-115(101)125)77-49-57-111-97(67-77)93-41-17-21-45-107(93)122(111)87-32-10-3-11-33-87)74-105(120-118)85-29-25-39-91(65-85)126-116-62-54-82(78-50-58-112-98(68-78)94-42-18-22-46-108(94)123(112)88-34-12-4-13-35-88)72-102(116)103-73-83(55-63-117(103)126)79-51-59-113-99(69-79)95-43-19-23-47-109(95)124(113)89-36-14-5-15-37-89/h1-74H. The van der Waals surface area contributed by atoms with E-state index in [1.807, 2.05) is 0 Å². The van der Waals surface area contributed by atoms with E-state index < -0.39 is 0 Å². The summed E-state index contributed by atoms with van der Waals surface area (Å²) in [5.41, 5.74) is 34.1. The second kappa shape index (κ2) is 28.3. The Morgan fingerprint density at radius 1 is 0.119 bits per heavy atom. The van der Waals surface area contributed by atoms with E-state index in [0.29, 0.717) is 5.82 Å². The molecule has 7 aromatic heterocycles. The highest BCUT2D eigenvalue weighted by Crippen LogP contribution is 2.46. The maximum atomic E-state index is 5.54. The summed E-state index contributed by atoms with van der Waals surface area (Å²) in [5, 5.41) is 14.4. The van der Waals surface area contributed by atoms with Crippen LogP contribution >= 0.6 is 0 Å². The lowest BCUT2D eigenvalue weighted by Crippen LogP contribution is -1.99. The minimum atomic E-state index is 0.643. The molecule has 0 saturated carbocycles. The quantitative estimate of drug-likeness (QED) is 0.116. The molecule has 0 aliphatic carbocycles. The number of hydrogen-bond acceptors (Lipinski definition) is 2. The smallest absolute Gasteiger partial charge is 0.160 e. The molecule has 0 saturated heterocycles. The van der Waals surface area contributed by atoms with Crippen molar-refractivity contribution in [3.05, 3.63) is 449 Å². The van der Waals surface area contributed by atoms with Gasteiger partial charge in [-0.2, -0.15) is 0 Å². The Labute approximate surface area is 724 Å². The topological polar surface area (TPSA) is 55.4 Å². The summed E-state index contributed by atoms with van der Waals surface area (Å²) < 4.78 is 14.5. The fourth-order valence-electron chi connectivity index (χ4n) is 20.4. The molecule has 0 bridgehead atoms. The molecule has 19 aromatic carbocycles. The number of para-hydroxylation sites is 8. The molecule has 0 amide bonds. The lowest BCUT2D eigenvalue weighted by molar-refractivity contribution is 1.16. The van der Waals surface area contributed by atoms with Gasteiger partial charge < -0.3 is 27.4 Å². The summed E-state index contributed by atoms with van der Waals surface area (Å²) in [4.78, 5) is 11.1. The van der Waals surface area contributed by atoms with E-state index in [2.05, 4.69) is 476 Å². The van der Waals surface area contributed by atoms with Crippen LogP contribution in [0.2, 0.25) is 0 Å². The van der Waals surface area contributed by atoms with Crippen LogP contribution in [0.3, 0.4) is 0 Å². The predicted octanol–water partition coefficient (Wildman–Crippen LogP) is 30.7. The van der Waals surface area contributed by atoms with E-state index in [-0.39, 0.29) is 0 Å². The number of fused-ring (bicyclic) bond motifs is 18. The first-order chi connectivity index (χ1) is 62.5. The third kappa shape index (κ3) is 11.3. The van der Waals surface area contributed by atoms with Gasteiger partial charge in [0.25, 0.3) is 0 Å². The zero-order valence-electron chi connectivity index (χ0n) is 68.3. The Kier molecular flexibility index (Phi) is 15.9. The first-order valence-corrected chi connectivity index (χ1v) is 43.2. The van der Waals surface area contributed by atoms with Gasteiger partial charge in [0.15, 0.2) is 5.82 Å². The molecule has 8 heteroatoms. The molecule has 126 heavy (non-hydrogen) atoms. The molecule has 0 radical (unpaired) electrons. The molecule has 0 spiro atoms. The molecule has 26 aromatic rings. The zero-order valence-corrected chi connectivity index (χ0v) is 68.3. The zero-order chi connectivity index (χ0) is 82.6. The SMILES string of the molecule is c1ccc(-c2nc(-c3cccc(-n4c5ccc(-c6ccc7c(c6)c6ccccc6n7-c6ccccc6)cc5c5cc(-c6ccc7c(c6)c6ccccc6n7-c6ccccc6)ccc54)c3)cc(-c3cccc(-n4c5ccc(-c6ccc7c(c6)c6ccccc6n7-c6ccccc6)cc5c5cc(-c6ccc7c(c6)c6ccccc6n7-c6ccccc6)ccc54)c3)n2)cc1. The van der Waals surface area contributed by atoms with E-state index in [0.717, 1.165) is 150 Å². The Bertz CT molecular complexity index is 8020. The van der Waals surface area contributed by atoms with Gasteiger partial charge in [0.05, 0.1) is 77.6 Å². The van der Waals surface area contributed by atoms with Crippen molar-refractivity contribution in [3.8, 4) is 113 Å². The Hall–Kier alpha value is -16.9. The first kappa shape index (κ1) is 70.9. The van der Waals surface area contributed by atoms with Crippen LogP contribution in [0.5, 0.6) is 0 Å². The second-order valence-corrected chi connectivity index (χ2v) is 33.2. The molecule has 0 aliphatic heterocycles. The highest BCUT2D eigenvalue weighted by Gasteiger charge is 2.25. The van der Waals surface area contributed by atoms with Crippen molar-refractivity contribution in [2.45, 2.75) is 0 Å². The normalized spacial score (nSPS) is 12.0. The molecule has 0 atom stereocenters. The van der Waals surface area contributed by atoms with Crippen molar-refractivity contribution in [1.82, 2.24) is 37.4 Å². The summed E-state index contributed by atoms with van der Waals surface area (Å²) >= 11 is 0. The average Bonchev–Trinajstić information content (AvgIpc) is 1.58. The van der Waals surface area contributed by atoms with E-state index in [9.17, 15) is 0 Å². The molecule has 0 N–H and O–H groups in total. The van der Waals surface area contributed by atoms with Gasteiger partial charge in [0, 0.05) is 115 Å². The van der Waals surface area contributed by atoms with Crippen LogP contribution in [-0.2, 0) is 0 Å². The van der Waals surface area contributed by atoms with Gasteiger partial charge in [-0.1, -0.05) is 249 Å². The van der Waals surface area contributed by atoms with Crippen molar-refractivity contribution >= 4 is 131 Å². The maximum absolute atomic E-state index is 5.54. The predicted molar refractivity (Wildman–Crippen MR) is 526 cm³/mol. The van der Waals surface area contributed by atoms with Crippen LogP contribution in [0.1, 0.15) is 0 Å². The van der Waals surface area contributed by atoms with E-state index in [1.165, 1.54) is 87.2 Å². The van der Waals surface area contributed by atoms with Crippen LogP contribution in [0.25, 0.3) is 243 Å². The summed E-state index contributed by atoms with van der Waals surface area (Å²) in [6.45, 7) is 0. The highest BCUT2D eigenvalue weighted by atomic mass is 15.0. The molecule has 586 valence electrons. The lowest BCUT2D eigenvalue weighted by Gasteiger charge is -2.14. The monoisotopic (exact) mass is 1600 g/mol. The van der Waals surface area contributed by atoms with Gasteiger partial charge in [0.1, 0.15) is 0 Å². The van der Waals surface area contributed by atoms with Crippen molar-refractivity contribution in [2.75, 3.05) is 0 Å². The van der Waals surface area contributed by atoms with Crippen molar-refractivity contribution in [2.24, 2.45) is 0 Å². The van der Waals surface area contributed by atoms with E-state index >= 15 is 0 Å². The number of aromatic nitrogens is 8. The third-order valence-electron chi connectivity index (χ3n) is 26.2. The molecule has 26 rings (SSSR count). The highest BCUT2D eigenvalue weighted by molar-refractivity contribution is 6.18. The fraction of sp³-hybridized carbons (Fsp3) is 0. The molecule has 7 heterocycles. The van der Waals surface area contributed by atoms with Crippen molar-refractivity contribution in [1.29, 1.82) is 0 Å². The van der Waals surface area contributed by atoms with Crippen LogP contribution < -0.4 is 0 Å². The van der Waals surface area contributed by atoms with E-state index in [4.69, 9.17) is 9.97 Å². The van der Waals surface area contributed by atoms with Gasteiger partial charge in [-0.3, -0.25) is 0 Å².